The van der Waals surface area contributed by atoms with Gasteiger partial charge in [0.25, 0.3) is 17.3 Å². The molecule has 0 N–H and O–H groups in total. The maximum Gasteiger partial charge on any atom is 0.289 e. The second-order valence-electron chi connectivity index (χ2n) is 4.65. The van der Waals surface area contributed by atoms with Crippen molar-refractivity contribution >= 4 is 23.0 Å². The van der Waals surface area contributed by atoms with Crippen molar-refractivity contribution < 1.29 is 14.4 Å². The number of aromatic nitrogens is 2. The minimum absolute atomic E-state index is 0.00156. The molecule has 0 saturated heterocycles. The lowest BCUT2D eigenvalue weighted by molar-refractivity contribution is -0.393. The maximum absolute atomic E-state index is 11.2. The summed E-state index contributed by atoms with van der Waals surface area (Å²) in [6, 6.07) is 9.80. The quantitative estimate of drug-likeness (QED) is 0.518. The summed E-state index contributed by atoms with van der Waals surface area (Å²) >= 11 is 5.80. The van der Waals surface area contributed by atoms with E-state index >= 15 is 0 Å². The molecule has 1 aromatic heterocycles. The first kappa shape index (κ1) is 15.6. The zero-order chi connectivity index (χ0) is 17.3. The summed E-state index contributed by atoms with van der Waals surface area (Å²) in [5.74, 6) is 0.107. The van der Waals surface area contributed by atoms with Crippen LogP contribution in [0.1, 0.15) is 0 Å². The van der Waals surface area contributed by atoms with Gasteiger partial charge in [-0.05, 0) is 30.3 Å². The number of nitrogens with zero attached hydrogens (tertiary/aromatic N) is 4. The SMILES string of the molecule is O=[N+]([O-])c1ccc(-c2nc(-c3ccc(Cl)cc3)no2)c([N+](=O)[O-])c1. The van der Waals surface area contributed by atoms with Crippen molar-refractivity contribution in [2.75, 3.05) is 0 Å². The minimum Gasteiger partial charge on any atom is -0.333 e. The van der Waals surface area contributed by atoms with Gasteiger partial charge in [0.05, 0.1) is 15.9 Å². The van der Waals surface area contributed by atoms with Crippen LogP contribution in [-0.2, 0) is 0 Å². The van der Waals surface area contributed by atoms with E-state index in [1.165, 1.54) is 6.07 Å². The summed E-state index contributed by atoms with van der Waals surface area (Å²) in [5.41, 5.74) is -0.282. The highest BCUT2D eigenvalue weighted by atomic mass is 35.5. The molecule has 0 unspecified atom stereocenters. The van der Waals surface area contributed by atoms with Crippen LogP contribution in [0.5, 0.6) is 0 Å². The molecule has 120 valence electrons. The van der Waals surface area contributed by atoms with Crippen LogP contribution in [0.15, 0.2) is 47.0 Å². The summed E-state index contributed by atoms with van der Waals surface area (Å²) in [6.45, 7) is 0. The topological polar surface area (TPSA) is 125 Å². The zero-order valence-corrected chi connectivity index (χ0v) is 12.5. The lowest BCUT2D eigenvalue weighted by Crippen LogP contribution is -1.95. The van der Waals surface area contributed by atoms with Gasteiger partial charge < -0.3 is 4.52 Å². The highest BCUT2D eigenvalue weighted by Crippen LogP contribution is 2.33. The molecule has 0 aliphatic carbocycles. The van der Waals surface area contributed by atoms with Gasteiger partial charge in [0.1, 0.15) is 5.56 Å². The van der Waals surface area contributed by atoms with Gasteiger partial charge in [-0.1, -0.05) is 16.8 Å². The van der Waals surface area contributed by atoms with E-state index in [1.54, 1.807) is 24.3 Å². The van der Waals surface area contributed by atoms with Crippen molar-refractivity contribution in [3.63, 3.8) is 0 Å². The summed E-state index contributed by atoms with van der Waals surface area (Å²) in [7, 11) is 0. The van der Waals surface area contributed by atoms with Gasteiger partial charge in [-0.15, -0.1) is 0 Å². The fraction of sp³-hybridized carbons (Fsp3) is 0. The Labute approximate surface area is 138 Å². The molecule has 0 aliphatic rings. The highest BCUT2D eigenvalue weighted by molar-refractivity contribution is 6.30. The lowest BCUT2D eigenvalue weighted by Gasteiger charge is -1.98. The molecular weight excluding hydrogens is 340 g/mol. The summed E-state index contributed by atoms with van der Waals surface area (Å²) in [4.78, 5) is 24.6. The number of rotatable bonds is 4. The highest BCUT2D eigenvalue weighted by Gasteiger charge is 2.24. The van der Waals surface area contributed by atoms with Crippen LogP contribution < -0.4 is 0 Å². The molecule has 0 fully saturated rings. The number of hydrogen-bond acceptors (Lipinski definition) is 7. The van der Waals surface area contributed by atoms with E-state index in [-0.39, 0.29) is 17.3 Å². The molecule has 0 radical (unpaired) electrons. The van der Waals surface area contributed by atoms with Crippen LogP contribution in [0.2, 0.25) is 5.02 Å². The first-order valence-corrected chi connectivity index (χ1v) is 6.86. The molecule has 9 nitrogen and oxygen atoms in total. The molecule has 0 amide bonds. The van der Waals surface area contributed by atoms with Crippen LogP contribution in [0, 0.1) is 20.2 Å². The number of nitro groups is 2. The van der Waals surface area contributed by atoms with Gasteiger partial charge in [0.2, 0.25) is 5.82 Å². The molecule has 3 aromatic rings. The fourth-order valence-electron chi connectivity index (χ4n) is 2.01. The van der Waals surface area contributed by atoms with Crippen LogP contribution >= 0.6 is 11.6 Å². The van der Waals surface area contributed by atoms with E-state index in [4.69, 9.17) is 16.1 Å². The summed E-state index contributed by atoms with van der Waals surface area (Å²) in [6.07, 6.45) is 0. The molecule has 3 rings (SSSR count). The standard InChI is InChI=1S/C14H7ClN4O5/c15-9-3-1-8(2-4-9)13-16-14(24-17-13)11-6-5-10(18(20)21)7-12(11)19(22)23/h1-7H. The smallest absolute Gasteiger partial charge is 0.289 e. The average Bonchev–Trinajstić information content (AvgIpc) is 3.04. The Balaban J connectivity index is 2.05. The fourth-order valence-corrected chi connectivity index (χ4v) is 2.14. The van der Waals surface area contributed by atoms with Crippen molar-refractivity contribution in [3.05, 3.63) is 67.7 Å². The number of non-ortho nitro benzene ring substituents is 1. The van der Waals surface area contributed by atoms with E-state index < -0.39 is 21.2 Å². The third kappa shape index (κ3) is 2.92. The Kier molecular flexibility index (Phi) is 3.92. The Morgan fingerprint density at radius 3 is 2.33 bits per heavy atom. The molecule has 24 heavy (non-hydrogen) atoms. The van der Waals surface area contributed by atoms with E-state index in [2.05, 4.69) is 10.1 Å². The monoisotopic (exact) mass is 346 g/mol. The second-order valence-corrected chi connectivity index (χ2v) is 5.08. The number of benzene rings is 2. The molecule has 0 bridgehead atoms. The van der Waals surface area contributed by atoms with Gasteiger partial charge in [-0.25, -0.2) is 0 Å². The first-order chi connectivity index (χ1) is 11.5. The summed E-state index contributed by atoms with van der Waals surface area (Å²) in [5, 5.41) is 26.2. The van der Waals surface area contributed by atoms with Crippen LogP contribution in [0.3, 0.4) is 0 Å². The van der Waals surface area contributed by atoms with E-state index in [0.29, 0.717) is 10.6 Å². The van der Waals surface area contributed by atoms with E-state index in [9.17, 15) is 20.2 Å². The zero-order valence-electron chi connectivity index (χ0n) is 11.7. The van der Waals surface area contributed by atoms with E-state index in [1.807, 2.05) is 0 Å². The van der Waals surface area contributed by atoms with Gasteiger partial charge in [-0.3, -0.25) is 20.2 Å². The van der Waals surface area contributed by atoms with Crippen LogP contribution in [0.4, 0.5) is 11.4 Å². The Hall–Kier alpha value is -3.33. The normalized spacial score (nSPS) is 10.5. The maximum atomic E-state index is 11.2. The Morgan fingerprint density at radius 1 is 1.00 bits per heavy atom. The number of hydrogen-bond donors (Lipinski definition) is 0. The average molecular weight is 347 g/mol. The van der Waals surface area contributed by atoms with Crippen molar-refractivity contribution in [1.29, 1.82) is 0 Å². The molecular formula is C14H7ClN4O5. The molecule has 2 aromatic carbocycles. The predicted molar refractivity (Wildman–Crippen MR) is 83.5 cm³/mol. The van der Waals surface area contributed by atoms with Gasteiger partial charge in [-0.2, -0.15) is 4.98 Å². The van der Waals surface area contributed by atoms with Gasteiger partial charge in [0, 0.05) is 16.7 Å². The molecule has 10 heteroatoms. The molecule has 0 saturated carbocycles. The third-order valence-electron chi connectivity index (χ3n) is 3.15. The lowest BCUT2D eigenvalue weighted by atomic mass is 10.1. The molecule has 0 spiro atoms. The predicted octanol–water partition coefficient (Wildman–Crippen LogP) is 3.87. The second kappa shape index (κ2) is 6.05. The minimum atomic E-state index is -0.742. The van der Waals surface area contributed by atoms with Crippen molar-refractivity contribution in [1.82, 2.24) is 10.1 Å². The number of halogens is 1. The van der Waals surface area contributed by atoms with Gasteiger partial charge >= 0.3 is 0 Å². The number of nitro benzene ring substituents is 2. The van der Waals surface area contributed by atoms with Crippen molar-refractivity contribution in [3.8, 4) is 22.8 Å². The van der Waals surface area contributed by atoms with Crippen LogP contribution in [0.25, 0.3) is 22.8 Å². The van der Waals surface area contributed by atoms with Crippen molar-refractivity contribution in [2.24, 2.45) is 0 Å². The molecule has 0 aliphatic heterocycles. The van der Waals surface area contributed by atoms with Gasteiger partial charge in [0.15, 0.2) is 0 Å². The Morgan fingerprint density at radius 2 is 1.71 bits per heavy atom. The van der Waals surface area contributed by atoms with Crippen LogP contribution in [-0.4, -0.2) is 20.0 Å². The summed E-state index contributed by atoms with van der Waals surface area (Å²) < 4.78 is 5.06. The van der Waals surface area contributed by atoms with E-state index in [0.717, 1.165) is 12.1 Å². The first-order valence-electron chi connectivity index (χ1n) is 6.48. The molecule has 1 heterocycles. The van der Waals surface area contributed by atoms with Crippen molar-refractivity contribution in [2.45, 2.75) is 0 Å². The Bertz CT molecular complexity index is 939. The third-order valence-corrected chi connectivity index (χ3v) is 3.40. The largest absolute Gasteiger partial charge is 0.333 e. The molecule has 0 atom stereocenters.